The number of carbonyl (C=O) groups is 1. The van der Waals surface area contributed by atoms with Crippen molar-refractivity contribution < 1.29 is 13.9 Å². The highest BCUT2D eigenvalue weighted by molar-refractivity contribution is 5.94. The highest BCUT2D eigenvalue weighted by Crippen LogP contribution is 2.34. The molecule has 13 heteroatoms. The molecule has 1 atom stereocenters. The summed E-state index contributed by atoms with van der Waals surface area (Å²) in [5.74, 6) is 1.84. The number of amides is 1. The van der Waals surface area contributed by atoms with Crippen LogP contribution in [-0.2, 0) is 10.3 Å². The van der Waals surface area contributed by atoms with Gasteiger partial charge in [0.2, 0.25) is 11.8 Å². The van der Waals surface area contributed by atoms with E-state index in [2.05, 4.69) is 27.0 Å². The van der Waals surface area contributed by atoms with Gasteiger partial charge in [0, 0.05) is 38.4 Å². The third-order valence-electron chi connectivity index (χ3n) is 9.80. The van der Waals surface area contributed by atoms with Crippen molar-refractivity contribution in [3.8, 4) is 17.3 Å². The topological polar surface area (TPSA) is 136 Å². The van der Waals surface area contributed by atoms with Gasteiger partial charge in [0.15, 0.2) is 22.6 Å². The maximum absolute atomic E-state index is 14.7. The smallest absolute Gasteiger partial charge is 0.255 e. The highest BCUT2D eigenvalue weighted by Gasteiger charge is 2.43. The zero-order valence-corrected chi connectivity index (χ0v) is 27.6. The Morgan fingerprint density at radius 3 is 2.43 bits per heavy atom. The van der Waals surface area contributed by atoms with E-state index in [1.54, 1.807) is 29.3 Å². The number of likely N-dealkylation sites (tertiary alicyclic amines) is 1. The number of hydrogen-bond acceptors (Lipinski definition) is 10. The zero-order valence-electron chi connectivity index (χ0n) is 27.6. The van der Waals surface area contributed by atoms with Gasteiger partial charge in [-0.25, -0.2) is 9.67 Å². The van der Waals surface area contributed by atoms with Crippen LogP contribution in [0.3, 0.4) is 0 Å². The second kappa shape index (κ2) is 12.9. The van der Waals surface area contributed by atoms with E-state index in [-0.39, 0.29) is 11.9 Å². The van der Waals surface area contributed by atoms with Crippen molar-refractivity contribution >= 4 is 34.2 Å². The molecule has 2 fully saturated rings. The number of piperazine rings is 1. The van der Waals surface area contributed by atoms with Gasteiger partial charge >= 0.3 is 0 Å². The lowest BCUT2D eigenvalue weighted by Crippen LogP contribution is -2.56. The van der Waals surface area contributed by atoms with Crippen LogP contribution in [0.15, 0.2) is 83.6 Å². The molecule has 252 valence electrons. The van der Waals surface area contributed by atoms with Gasteiger partial charge in [0.1, 0.15) is 5.75 Å². The number of rotatable bonds is 10. The molecule has 0 bridgehead atoms. The lowest BCUT2D eigenvalue weighted by molar-refractivity contribution is -0.138. The SMILES string of the molecule is CC(C(=O)N1CCN(c2ccc(OCCCN3CCCC3)cc2)CC1)(c1ccccc1)n1ncc2c1nc(N)n1nc(-c3ccco3)nc21. The summed E-state index contributed by atoms with van der Waals surface area (Å²) in [6.45, 7) is 8.68. The second-order valence-corrected chi connectivity index (χ2v) is 12.9. The van der Waals surface area contributed by atoms with Crippen LogP contribution in [-0.4, -0.2) is 97.5 Å². The second-order valence-electron chi connectivity index (χ2n) is 12.9. The number of furan rings is 1. The minimum Gasteiger partial charge on any atom is -0.494 e. The van der Waals surface area contributed by atoms with E-state index in [1.807, 2.05) is 54.3 Å². The van der Waals surface area contributed by atoms with Crippen molar-refractivity contribution in [1.29, 1.82) is 0 Å². The predicted octanol–water partition coefficient (Wildman–Crippen LogP) is 4.29. The van der Waals surface area contributed by atoms with E-state index in [9.17, 15) is 4.79 Å². The fraction of sp³-hybridized carbons (Fsp3) is 0.361. The summed E-state index contributed by atoms with van der Waals surface area (Å²) in [7, 11) is 0. The highest BCUT2D eigenvalue weighted by atomic mass is 16.5. The Morgan fingerprint density at radius 2 is 1.69 bits per heavy atom. The molecule has 49 heavy (non-hydrogen) atoms. The first-order chi connectivity index (χ1) is 24.0. The maximum Gasteiger partial charge on any atom is 0.255 e. The molecule has 6 aromatic rings. The summed E-state index contributed by atoms with van der Waals surface area (Å²) in [6.07, 6.45) is 6.90. The Hall–Kier alpha value is -5.43. The van der Waals surface area contributed by atoms with Gasteiger partial charge in [-0.15, -0.1) is 5.10 Å². The van der Waals surface area contributed by atoms with E-state index in [1.165, 1.54) is 30.4 Å². The van der Waals surface area contributed by atoms with E-state index in [0.717, 1.165) is 36.6 Å². The first kappa shape index (κ1) is 30.9. The normalized spacial score (nSPS) is 16.8. The summed E-state index contributed by atoms with van der Waals surface area (Å²) in [6, 6.07) is 21.6. The molecule has 0 spiro atoms. The lowest BCUT2D eigenvalue weighted by atomic mass is 9.90. The number of nitrogens with zero attached hydrogens (tertiary/aromatic N) is 9. The molecule has 6 heterocycles. The Kier molecular flexibility index (Phi) is 8.12. The summed E-state index contributed by atoms with van der Waals surface area (Å²) in [5.41, 5.74) is 8.05. The van der Waals surface area contributed by atoms with E-state index in [4.69, 9.17) is 30.0 Å². The molecule has 0 radical (unpaired) electrons. The van der Waals surface area contributed by atoms with E-state index < -0.39 is 5.54 Å². The maximum atomic E-state index is 14.7. The number of benzene rings is 2. The number of aromatic nitrogens is 6. The quantitative estimate of drug-likeness (QED) is 0.212. The van der Waals surface area contributed by atoms with Crippen LogP contribution in [0, 0.1) is 0 Å². The van der Waals surface area contributed by atoms with Gasteiger partial charge in [-0.05, 0) is 81.2 Å². The number of hydrogen-bond donors (Lipinski definition) is 1. The monoisotopic (exact) mass is 660 g/mol. The van der Waals surface area contributed by atoms with Crippen LogP contribution < -0.4 is 15.4 Å². The van der Waals surface area contributed by atoms with Gasteiger partial charge in [0.05, 0.1) is 24.5 Å². The van der Waals surface area contributed by atoms with Crippen molar-refractivity contribution in [1.82, 2.24) is 39.2 Å². The molecule has 1 unspecified atom stereocenters. The van der Waals surface area contributed by atoms with Gasteiger partial charge in [-0.2, -0.15) is 14.6 Å². The fourth-order valence-corrected chi connectivity index (χ4v) is 7.06. The Bertz CT molecular complexity index is 2040. The van der Waals surface area contributed by atoms with Crippen molar-refractivity contribution in [3.05, 3.63) is 84.8 Å². The van der Waals surface area contributed by atoms with Crippen LogP contribution >= 0.6 is 0 Å². The molecule has 0 saturated carbocycles. The largest absolute Gasteiger partial charge is 0.494 e. The van der Waals surface area contributed by atoms with Crippen LogP contribution in [0.5, 0.6) is 5.75 Å². The number of nitrogen functional groups attached to an aromatic ring is 1. The first-order valence-electron chi connectivity index (χ1n) is 17.0. The molecule has 2 aliphatic rings. The summed E-state index contributed by atoms with van der Waals surface area (Å²) >= 11 is 0. The summed E-state index contributed by atoms with van der Waals surface area (Å²) < 4.78 is 14.7. The molecule has 2 aromatic carbocycles. The lowest BCUT2D eigenvalue weighted by Gasteiger charge is -2.40. The third-order valence-corrected chi connectivity index (χ3v) is 9.80. The predicted molar refractivity (Wildman–Crippen MR) is 186 cm³/mol. The van der Waals surface area contributed by atoms with Crippen molar-refractivity contribution in [2.45, 2.75) is 31.7 Å². The molecule has 2 saturated heterocycles. The molecule has 1 amide bonds. The van der Waals surface area contributed by atoms with Crippen LogP contribution in [0.4, 0.5) is 11.6 Å². The Balaban J connectivity index is 1.01. The van der Waals surface area contributed by atoms with Crippen LogP contribution in [0.2, 0.25) is 0 Å². The molecule has 8 rings (SSSR count). The molecule has 2 N–H and O–H groups in total. The van der Waals surface area contributed by atoms with Gasteiger partial charge < -0.3 is 29.6 Å². The van der Waals surface area contributed by atoms with E-state index >= 15 is 0 Å². The number of nitrogens with two attached hydrogens (primary N) is 1. The minimum absolute atomic E-state index is 0.0704. The van der Waals surface area contributed by atoms with Gasteiger partial charge in [0.25, 0.3) is 5.91 Å². The Labute approximate surface area is 283 Å². The average Bonchev–Trinajstić information content (AvgIpc) is 3.98. The standard InChI is InChI=1S/C36H40N10O3/c1-36(26-9-3-2-4-10-26,46-33-29(25-38-46)32-39-31(30-11-7-23-49-30)41-45(32)35(37)40-33)34(47)44-21-19-43(20-22-44)27-12-14-28(15-13-27)48-24-8-18-42-16-5-6-17-42/h2-4,7,9-15,23,25H,5-6,8,16-22,24H2,1H3,(H2,37,40). The molecule has 4 aromatic heterocycles. The molecular weight excluding hydrogens is 620 g/mol. The molecular formula is C36H40N10O3. The molecule has 2 aliphatic heterocycles. The minimum atomic E-state index is -1.21. The number of carbonyl (C=O) groups excluding carboxylic acids is 1. The molecule has 0 aliphatic carbocycles. The molecule has 13 nitrogen and oxygen atoms in total. The zero-order chi connectivity index (χ0) is 33.4. The van der Waals surface area contributed by atoms with Crippen LogP contribution in [0.25, 0.3) is 28.3 Å². The first-order valence-corrected chi connectivity index (χ1v) is 17.0. The van der Waals surface area contributed by atoms with E-state index in [0.29, 0.717) is 54.4 Å². The average molecular weight is 661 g/mol. The summed E-state index contributed by atoms with van der Waals surface area (Å²) in [4.78, 5) is 30.8. The number of ether oxygens (including phenoxy) is 1. The van der Waals surface area contributed by atoms with Gasteiger partial charge in [-0.3, -0.25) is 4.79 Å². The number of anilines is 2. The Morgan fingerprint density at radius 1 is 0.918 bits per heavy atom. The summed E-state index contributed by atoms with van der Waals surface area (Å²) in [5, 5.41) is 9.89. The van der Waals surface area contributed by atoms with Crippen molar-refractivity contribution in [2.75, 3.05) is 63.1 Å². The fourth-order valence-electron chi connectivity index (χ4n) is 7.06. The number of fused-ring (bicyclic) bond motifs is 3. The van der Waals surface area contributed by atoms with Crippen molar-refractivity contribution in [2.24, 2.45) is 0 Å². The van der Waals surface area contributed by atoms with Gasteiger partial charge in [-0.1, -0.05) is 30.3 Å². The van der Waals surface area contributed by atoms with Crippen molar-refractivity contribution in [3.63, 3.8) is 0 Å². The third kappa shape index (κ3) is 5.73. The van der Waals surface area contributed by atoms with Crippen LogP contribution in [0.1, 0.15) is 31.7 Å².